The SMILES string of the molecule is O=C(Cc1cccc(Br)c1)N1CCOCC1. The fraction of sp³-hybridized carbons (Fsp3) is 0.417. The standard InChI is InChI=1S/C12H14BrNO2/c13-11-3-1-2-10(8-11)9-12(15)14-4-6-16-7-5-14/h1-3,8H,4-7,9H2. The molecule has 0 spiro atoms. The van der Waals surface area contributed by atoms with E-state index in [4.69, 9.17) is 4.74 Å². The van der Waals surface area contributed by atoms with Crippen LogP contribution in [0.4, 0.5) is 0 Å². The molecule has 0 saturated carbocycles. The van der Waals surface area contributed by atoms with Crippen LogP contribution in [0.3, 0.4) is 0 Å². The molecule has 1 aliphatic heterocycles. The monoisotopic (exact) mass is 283 g/mol. The summed E-state index contributed by atoms with van der Waals surface area (Å²) in [5.74, 6) is 0.182. The number of halogens is 1. The molecule has 3 nitrogen and oxygen atoms in total. The van der Waals surface area contributed by atoms with Crippen molar-refractivity contribution in [1.29, 1.82) is 0 Å². The minimum absolute atomic E-state index is 0.182. The highest BCUT2D eigenvalue weighted by Gasteiger charge is 2.16. The fourth-order valence-corrected chi connectivity index (χ4v) is 2.19. The predicted octanol–water partition coefficient (Wildman–Crippen LogP) is 1.85. The van der Waals surface area contributed by atoms with E-state index < -0.39 is 0 Å². The van der Waals surface area contributed by atoms with Crippen LogP contribution in [0.2, 0.25) is 0 Å². The zero-order chi connectivity index (χ0) is 11.4. The third-order valence-electron chi connectivity index (χ3n) is 2.61. The van der Waals surface area contributed by atoms with Crippen LogP contribution < -0.4 is 0 Å². The number of carbonyl (C=O) groups excluding carboxylic acids is 1. The van der Waals surface area contributed by atoms with E-state index in [0.717, 1.165) is 10.0 Å². The van der Waals surface area contributed by atoms with Crippen LogP contribution in [0.25, 0.3) is 0 Å². The molecular weight excluding hydrogens is 270 g/mol. The van der Waals surface area contributed by atoms with Gasteiger partial charge < -0.3 is 9.64 Å². The summed E-state index contributed by atoms with van der Waals surface area (Å²) in [5, 5.41) is 0. The summed E-state index contributed by atoms with van der Waals surface area (Å²) < 4.78 is 6.23. The maximum Gasteiger partial charge on any atom is 0.227 e. The Morgan fingerprint density at radius 3 is 2.81 bits per heavy atom. The first-order valence-electron chi connectivity index (χ1n) is 5.35. The van der Waals surface area contributed by atoms with Crippen molar-refractivity contribution < 1.29 is 9.53 Å². The van der Waals surface area contributed by atoms with E-state index in [-0.39, 0.29) is 5.91 Å². The van der Waals surface area contributed by atoms with Crippen LogP contribution in [0.1, 0.15) is 5.56 Å². The van der Waals surface area contributed by atoms with Gasteiger partial charge in [0.25, 0.3) is 0 Å². The fourth-order valence-electron chi connectivity index (χ4n) is 1.75. The zero-order valence-corrected chi connectivity index (χ0v) is 10.6. The topological polar surface area (TPSA) is 29.5 Å². The quantitative estimate of drug-likeness (QED) is 0.829. The maximum absolute atomic E-state index is 11.9. The highest BCUT2D eigenvalue weighted by molar-refractivity contribution is 9.10. The molecule has 0 aliphatic carbocycles. The summed E-state index contributed by atoms with van der Waals surface area (Å²) in [7, 11) is 0. The number of morpholine rings is 1. The van der Waals surface area contributed by atoms with E-state index in [9.17, 15) is 4.79 Å². The second kappa shape index (κ2) is 5.46. The molecule has 2 rings (SSSR count). The van der Waals surface area contributed by atoms with E-state index in [1.54, 1.807) is 0 Å². The van der Waals surface area contributed by atoms with Crippen molar-refractivity contribution in [2.75, 3.05) is 26.3 Å². The van der Waals surface area contributed by atoms with E-state index in [0.29, 0.717) is 32.7 Å². The molecule has 16 heavy (non-hydrogen) atoms. The number of ether oxygens (including phenoxy) is 1. The minimum atomic E-state index is 0.182. The Labute approximate surface area is 104 Å². The summed E-state index contributed by atoms with van der Waals surface area (Å²) >= 11 is 3.40. The van der Waals surface area contributed by atoms with Crippen molar-refractivity contribution >= 4 is 21.8 Å². The van der Waals surface area contributed by atoms with Gasteiger partial charge in [0.05, 0.1) is 19.6 Å². The smallest absolute Gasteiger partial charge is 0.227 e. The highest BCUT2D eigenvalue weighted by Crippen LogP contribution is 2.13. The first-order chi connectivity index (χ1) is 7.75. The molecule has 0 radical (unpaired) electrons. The number of nitrogens with zero attached hydrogens (tertiary/aromatic N) is 1. The Morgan fingerprint density at radius 2 is 2.12 bits per heavy atom. The second-order valence-electron chi connectivity index (χ2n) is 3.80. The lowest BCUT2D eigenvalue weighted by atomic mass is 10.1. The number of amides is 1. The van der Waals surface area contributed by atoms with Crippen LogP contribution >= 0.6 is 15.9 Å². The minimum Gasteiger partial charge on any atom is -0.378 e. The summed E-state index contributed by atoms with van der Waals surface area (Å²) in [6.07, 6.45) is 0.472. The van der Waals surface area contributed by atoms with Gasteiger partial charge in [-0.1, -0.05) is 28.1 Å². The first-order valence-corrected chi connectivity index (χ1v) is 6.15. The van der Waals surface area contributed by atoms with Crippen molar-refractivity contribution in [3.8, 4) is 0 Å². The van der Waals surface area contributed by atoms with Crippen LogP contribution in [0.15, 0.2) is 28.7 Å². The predicted molar refractivity (Wildman–Crippen MR) is 65.2 cm³/mol. The van der Waals surface area contributed by atoms with Crippen LogP contribution in [-0.2, 0) is 16.0 Å². The molecule has 1 aromatic carbocycles. The lowest BCUT2D eigenvalue weighted by molar-refractivity contribution is -0.134. The lowest BCUT2D eigenvalue weighted by Gasteiger charge is -2.26. The van der Waals surface area contributed by atoms with Gasteiger partial charge in [0.1, 0.15) is 0 Å². The third kappa shape index (κ3) is 3.06. The van der Waals surface area contributed by atoms with Crippen molar-refractivity contribution in [3.05, 3.63) is 34.3 Å². The average molecular weight is 284 g/mol. The number of hydrogen-bond donors (Lipinski definition) is 0. The maximum atomic E-state index is 11.9. The molecule has 1 saturated heterocycles. The Kier molecular flexibility index (Phi) is 3.96. The van der Waals surface area contributed by atoms with Gasteiger partial charge in [-0.3, -0.25) is 4.79 Å². The van der Waals surface area contributed by atoms with Gasteiger partial charge in [0.15, 0.2) is 0 Å². The normalized spacial score (nSPS) is 16.2. The van der Waals surface area contributed by atoms with Crippen molar-refractivity contribution in [3.63, 3.8) is 0 Å². The van der Waals surface area contributed by atoms with Crippen molar-refractivity contribution in [1.82, 2.24) is 4.90 Å². The molecule has 1 amide bonds. The van der Waals surface area contributed by atoms with E-state index in [1.807, 2.05) is 29.2 Å². The first kappa shape index (κ1) is 11.6. The molecule has 0 aromatic heterocycles. The van der Waals surface area contributed by atoms with Gasteiger partial charge in [0, 0.05) is 17.6 Å². The molecule has 0 bridgehead atoms. The Hall–Kier alpha value is -0.870. The molecule has 0 N–H and O–H groups in total. The van der Waals surface area contributed by atoms with Crippen LogP contribution in [0.5, 0.6) is 0 Å². The number of hydrogen-bond acceptors (Lipinski definition) is 2. The van der Waals surface area contributed by atoms with Crippen LogP contribution in [0, 0.1) is 0 Å². The Balaban J connectivity index is 1.96. The number of rotatable bonds is 2. The van der Waals surface area contributed by atoms with Gasteiger partial charge in [-0.25, -0.2) is 0 Å². The number of benzene rings is 1. The van der Waals surface area contributed by atoms with Crippen molar-refractivity contribution in [2.45, 2.75) is 6.42 Å². The molecular formula is C12H14BrNO2. The van der Waals surface area contributed by atoms with E-state index >= 15 is 0 Å². The largest absolute Gasteiger partial charge is 0.378 e. The number of carbonyl (C=O) groups is 1. The summed E-state index contributed by atoms with van der Waals surface area (Å²) in [6.45, 7) is 2.74. The highest BCUT2D eigenvalue weighted by atomic mass is 79.9. The second-order valence-corrected chi connectivity index (χ2v) is 4.72. The molecule has 1 fully saturated rings. The molecule has 4 heteroatoms. The van der Waals surface area contributed by atoms with Gasteiger partial charge in [0.2, 0.25) is 5.91 Å². The Bertz CT molecular complexity index is 375. The van der Waals surface area contributed by atoms with Gasteiger partial charge in [-0.05, 0) is 17.7 Å². The summed E-state index contributed by atoms with van der Waals surface area (Å²) in [6, 6.07) is 7.87. The molecule has 86 valence electrons. The zero-order valence-electron chi connectivity index (χ0n) is 8.99. The Morgan fingerprint density at radius 1 is 1.38 bits per heavy atom. The van der Waals surface area contributed by atoms with E-state index in [2.05, 4.69) is 15.9 Å². The van der Waals surface area contributed by atoms with Crippen LogP contribution in [-0.4, -0.2) is 37.1 Å². The van der Waals surface area contributed by atoms with Crippen molar-refractivity contribution in [2.24, 2.45) is 0 Å². The van der Waals surface area contributed by atoms with Gasteiger partial charge in [-0.2, -0.15) is 0 Å². The average Bonchev–Trinajstić information content (AvgIpc) is 2.30. The molecule has 0 atom stereocenters. The van der Waals surface area contributed by atoms with Gasteiger partial charge in [-0.15, -0.1) is 0 Å². The molecule has 1 aromatic rings. The summed E-state index contributed by atoms with van der Waals surface area (Å²) in [4.78, 5) is 13.8. The summed E-state index contributed by atoms with van der Waals surface area (Å²) in [5.41, 5.74) is 1.05. The molecule has 0 unspecified atom stereocenters. The van der Waals surface area contributed by atoms with Gasteiger partial charge >= 0.3 is 0 Å². The molecule has 1 aliphatic rings. The van der Waals surface area contributed by atoms with E-state index in [1.165, 1.54) is 0 Å². The third-order valence-corrected chi connectivity index (χ3v) is 3.10. The molecule has 1 heterocycles. The lowest BCUT2D eigenvalue weighted by Crippen LogP contribution is -2.41.